The molecule has 3 heterocycles. The number of carbonyl (C=O) groups is 1. The van der Waals surface area contributed by atoms with Crippen LogP contribution in [0.1, 0.15) is 25.7 Å². The van der Waals surface area contributed by atoms with Crippen LogP contribution in [0, 0.1) is 0 Å². The van der Waals surface area contributed by atoms with Gasteiger partial charge in [0.1, 0.15) is 6.54 Å². The predicted molar refractivity (Wildman–Crippen MR) is 103 cm³/mol. The highest BCUT2D eigenvalue weighted by Gasteiger charge is 2.18. The molecule has 1 saturated heterocycles. The lowest BCUT2D eigenvalue weighted by molar-refractivity contribution is -0.130. The number of amides is 1. The number of piperidine rings is 1. The molecule has 0 bridgehead atoms. The summed E-state index contributed by atoms with van der Waals surface area (Å²) in [6.07, 6.45) is 6.23. The van der Waals surface area contributed by atoms with Gasteiger partial charge in [-0.3, -0.25) is 18.7 Å². The van der Waals surface area contributed by atoms with E-state index in [4.69, 9.17) is 0 Å². The standard InChI is InChI=1S/C18H28N6O3/c1-20(8-7-11-23-9-5-4-6-10-23)14(25)12-24-13-19-16-15(24)17(26)22(3)18(27)21(16)2/h13H,4-12H2,1-3H3. The quantitative estimate of drug-likeness (QED) is 0.695. The molecule has 9 heteroatoms. The second-order valence-electron chi connectivity index (χ2n) is 7.32. The summed E-state index contributed by atoms with van der Waals surface area (Å²) in [6.45, 7) is 4.03. The molecule has 0 aliphatic carbocycles. The highest BCUT2D eigenvalue weighted by molar-refractivity contribution is 5.78. The average Bonchev–Trinajstić information content (AvgIpc) is 3.09. The van der Waals surface area contributed by atoms with E-state index in [1.165, 1.54) is 41.8 Å². The van der Waals surface area contributed by atoms with E-state index in [0.29, 0.717) is 12.2 Å². The van der Waals surface area contributed by atoms with E-state index in [1.54, 1.807) is 19.0 Å². The van der Waals surface area contributed by atoms with E-state index in [1.807, 2.05) is 0 Å². The van der Waals surface area contributed by atoms with Crippen LogP contribution in [0.4, 0.5) is 0 Å². The summed E-state index contributed by atoms with van der Waals surface area (Å²) in [4.78, 5) is 45.3. The highest BCUT2D eigenvalue weighted by atomic mass is 16.2. The van der Waals surface area contributed by atoms with Crippen LogP contribution >= 0.6 is 0 Å². The molecule has 1 fully saturated rings. The van der Waals surface area contributed by atoms with Crippen LogP contribution in [-0.2, 0) is 25.4 Å². The molecule has 0 radical (unpaired) electrons. The number of hydrogen-bond acceptors (Lipinski definition) is 5. The van der Waals surface area contributed by atoms with E-state index in [0.717, 1.165) is 30.6 Å². The maximum atomic E-state index is 12.6. The largest absolute Gasteiger partial charge is 0.344 e. The maximum Gasteiger partial charge on any atom is 0.332 e. The molecule has 0 N–H and O–H groups in total. The number of nitrogens with zero attached hydrogens (tertiary/aromatic N) is 6. The fourth-order valence-electron chi connectivity index (χ4n) is 3.62. The molecule has 0 saturated carbocycles. The smallest absolute Gasteiger partial charge is 0.332 e. The van der Waals surface area contributed by atoms with Gasteiger partial charge in [-0.2, -0.15) is 0 Å². The molecular formula is C18H28N6O3. The Morgan fingerprint density at radius 1 is 1.15 bits per heavy atom. The molecule has 0 atom stereocenters. The number of rotatable bonds is 6. The number of aromatic nitrogens is 4. The van der Waals surface area contributed by atoms with Crippen LogP contribution < -0.4 is 11.2 Å². The summed E-state index contributed by atoms with van der Waals surface area (Å²) in [7, 11) is 4.78. The lowest BCUT2D eigenvalue weighted by Crippen LogP contribution is -2.38. The van der Waals surface area contributed by atoms with Crippen LogP contribution in [-0.4, -0.2) is 67.6 Å². The maximum absolute atomic E-state index is 12.6. The second-order valence-corrected chi connectivity index (χ2v) is 7.32. The van der Waals surface area contributed by atoms with Gasteiger partial charge in [0.25, 0.3) is 5.56 Å². The summed E-state index contributed by atoms with van der Waals surface area (Å²) < 4.78 is 3.88. The van der Waals surface area contributed by atoms with Crippen molar-refractivity contribution in [2.45, 2.75) is 32.2 Å². The first-order valence-electron chi connectivity index (χ1n) is 9.47. The normalized spacial score (nSPS) is 15.4. The summed E-state index contributed by atoms with van der Waals surface area (Å²) in [5.74, 6) is -0.0798. The predicted octanol–water partition coefficient (Wildman–Crippen LogP) is -0.232. The van der Waals surface area contributed by atoms with Crippen molar-refractivity contribution in [3.05, 3.63) is 27.2 Å². The minimum atomic E-state index is -0.439. The van der Waals surface area contributed by atoms with Gasteiger partial charge in [-0.1, -0.05) is 6.42 Å². The number of likely N-dealkylation sites (tertiary alicyclic amines) is 1. The summed E-state index contributed by atoms with van der Waals surface area (Å²) in [5.41, 5.74) is -0.302. The fourth-order valence-corrected chi connectivity index (χ4v) is 3.62. The Labute approximate surface area is 157 Å². The van der Waals surface area contributed by atoms with Crippen molar-refractivity contribution in [3.8, 4) is 0 Å². The summed E-state index contributed by atoms with van der Waals surface area (Å²) >= 11 is 0. The van der Waals surface area contributed by atoms with E-state index in [2.05, 4.69) is 9.88 Å². The monoisotopic (exact) mass is 376 g/mol. The second kappa shape index (κ2) is 8.08. The Hall–Kier alpha value is -2.42. The highest BCUT2D eigenvalue weighted by Crippen LogP contribution is 2.09. The van der Waals surface area contributed by atoms with Gasteiger partial charge in [-0.15, -0.1) is 0 Å². The first kappa shape index (κ1) is 19.3. The van der Waals surface area contributed by atoms with Gasteiger partial charge >= 0.3 is 5.69 Å². The zero-order chi connectivity index (χ0) is 19.6. The van der Waals surface area contributed by atoms with Crippen LogP contribution in [0.3, 0.4) is 0 Å². The molecular weight excluding hydrogens is 348 g/mol. The topological polar surface area (TPSA) is 85.4 Å². The first-order chi connectivity index (χ1) is 12.9. The zero-order valence-electron chi connectivity index (χ0n) is 16.3. The van der Waals surface area contributed by atoms with Crippen molar-refractivity contribution in [3.63, 3.8) is 0 Å². The minimum Gasteiger partial charge on any atom is -0.344 e. The number of aryl methyl sites for hydroxylation is 1. The first-order valence-corrected chi connectivity index (χ1v) is 9.47. The van der Waals surface area contributed by atoms with Crippen LogP contribution in [0.2, 0.25) is 0 Å². The van der Waals surface area contributed by atoms with Crippen molar-refractivity contribution >= 4 is 17.1 Å². The van der Waals surface area contributed by atoms with Gasteiger partial charge in [-0.25, -0.2) is 9.78 Å². The lowest BCUT2D eigenvalue weighted by atomic mass is 10.1. The molecule has 0 aromatic carbocycles. The molecule has 3 rings (SSSR count). The Morgan fingerprint density at radius 2 is 1.85 bits per heavy atom. The molecule has 2 aromatic rings. The Morgan fingerprint density at radius 3 is 2.56 bits per heavy atom. The number of likely N-dealkylation sites (N-methyl/N-ethyl adjacent to an activating group) is 1. The molecule has 9 nitrogen and oxygen atoms in total. The van der Waals surface area contributed by atoms with E-state index in [-0.39, 0.29) is 18.0 Å². The Balaban J connectivity index is 1.65. The Kier molecular flexibility index (Phi) is 5.79. The molecule has 1 aliphatic rings. The minimum absolute atomic E-state index is 0.0319. The van der Waals surface area contributed by atoms with Crippen molar-refractivity contribution in [2.24, 2.45) is 14.1 Å². The molecule has 1 aliphatic heterocycles. The summed E-state index contributed by atoms with van der Waals surface area (Å²) in [5, 5.41) is 0. The van der Waals surface area contributed by atoms with Crippen molar-refractivity contribution in [1.29, 1.82) is 0 Å². The third kappa shape index (κ3) is 3.97. The number of imidazole rings is 1. The van der Waals surface area contributed by atoms with Gasteiger partial charge in [0.15, 0.2) is 11.2 Å². The van der Waals surface area contributed by atoms with Gasteiger partial charge in [0.05, 0.1) is 6.33 Å². The average molecular weight is 376 g/mol. The zero-order valence-corrected chi connectivity index (χ0v) is 16.3. The lowest BCUT2D eigenvalue weighted by Gasteiger charge is -2.27. The number of hydrogen-bond donors (Lipinski definition) is 0. The SMILES string of the molecule is CN(CCCN1CCCCC1)C(=O)Cn1cnc2c1c(=O)n(C)c(=O)n2C. The van der Waals surface area contributed by atoms with Crippen molar-refractivity contribution in [1.82, 2.24) is 28.5 Å². The van der Waals surface area contributed by atoms with E-state index < -0.39 is 11.2 Å². The fraction of sp³-hybridized carbons (Fsp3) is 0.667. The molecule has 1 amide bonds. The molecule has 148 valence electrons. The van der Waals surface area contributed by atoms with Gasteiger partial charge in [0, 0.05) is 27.7 Å². The van der Waals surface area contributed by atoms with Crippen molar-refractivity contribution < 1.29 is 4.79 Å². The van der Waals surface area contributed by atoms with E-state index in [9.17, 15) is 14.4 Å². The van der Waals surface area contributed by atoms with Crippen LogP contribution in [0.25, 0.3) is 11.2 Å². The molecule has 2 aromatic heterocycles. The van der Waals surface area contributed by atoms with Gasteiger partial charge in [-0.05, 0) is 38.9 Å². The van der Waals surface area contributed by atoms with Crippen LogP contribution in [0.15, 0.2) is 15.9 Å². The van der Waals surface area contributed by atoms with Crippen molar-refractivity contribution in [2.75, 3.05) is 33.2 Å². The van der Waals surface area contributed by atoms with Gasteiger partial charge in [0.2, 0.25) is 5.91 Å². The van der Waals surface area contributed by atoms with Gasteiger partial charge < -0.3 is 14.4 Å². The molecule has 0 spiro atoms. The Bertz CT molecular complexity index is 935. The summed E-state index contributed by atoms with van der Waals surface area (Å²) in [6, 6.07) is 0. The number of fused-ring (bicyclic) bond motifs is 1. The number of carbonyl (C=O) groups excluding carboxylic acids is 1. The van der Waals surface area contributed by atoms with Crippen LogP contribution in [0.5, 0.6) is 0 Å². The molecule has 27 heavy (non-hydrogen) atoms. The third-order valence-corrected chi connectivity index (χ3v) is 5.37. The molecule has 0 unspecified atom stereocenters. The van der Waals surface area contributed by atoms with E-state index >= 15 is 0 Å². The third-order valence-electron chi connectivity index (χ3n) is 5.37.